The summed E-state index contributed by atoms with van der Waals surface area (Å²) in [4.78, 5) is 4.60. The molecule has 1 heterocycles. The van der Waals surface area contributed by atoms with E-state index in [0.29, 0.717) is 105 Å². The molecule has 0 bridgehead atoms. The zero-order chi connectivity index (χ0) is 71.5. The highest BCUT2D eigenvalue weighted by Crippen LogP contribution is 2.59. The van der Waals surface area contributed by atoms with E-state index in [-0.39, 0.29) is 17.0 Å². The van der Waals surface area contributed by atoms with Crippen LogP contribution in [0.1, 0.15) is 141 Å². The Bertz CT molecular complexity index is 3900. The summed E-state index contributed by atoms with van der Waals surface area (Å²) in [6.45, 7) is 19.4. The van der Waals surface area contributed by atoms with Crippen molar-refractivity contribution >= 4 is 62.6 Å². The molecule has 0 unspecified atom stereocenters. The zero-order valence-corrected chi connectivity index (χ0v) is 62.8. The van der Waals surface area contributed by atoms with E-state index >= 15 is 4.39 Å². The highest BCUT2D eigenvalue weighted by molar-refractivity contribution is 9.10. The molecule has 1 saturated heterocycles. The molecule has 0 aromatic heterocycles. The molecule has 0 N–H and O–H groups in total. The summed E-state index contributed by atoms with van der Waals surface area (Å²) in [5, 5.41) is 0. The van der Waals surface area contributed by atoms with Gasteiger partial charge in [0, 0.05) is 76.9 Å². The molecule has 0 spiro atoms. The Morgan fingerprint density at radius 3 is 1.05 bits per heavy atom. The van der Waals surface area contributed by atoms with Crippen LogP contribution < -0.4 is 15.3 Å². The fourth-order valence-corrected chi connectivity index (χ4v) is 15.2. The minimum absolute atomic E-state index is 0.284. The van der Waals surface area contributed by atoms with Crippen LogP contribution in [0.2, 0.25) is 0 Å². The lowest BCUT2D eigenvalue weighted by atomic mass is 9.70. The van der Waals surface area contributed by atoms with Crippen LogP contribution in [0, 0.1) is 11.6 Å². The quantitative estimate of drug-likeness (QED) is 0.0269. The van der Waals surface area contributed by atoms with Gasteiger partial charge in [-0.3, -0.25) is 0 Å². The van der Waals surface area contributed by atoms with Crippen LogP contribution >= 0.6 is 15.9 Å². The molecule has 0 radical (unpaired) electrons. The van der Waals surface area contributed by atoms with Gasteiger partial charge in [-0.2, -0.15) is 0 Å². The standard InChI is InChI=1S/C86H104BBrF2N2O10/c1-9-11-13-15-41-85(42-16-14-12-10-2)80-60-72(91(70-30-24-67(89)25-31-70)69-28-19-64(20-29-69)63-17-22-66(88)23-18-63)34-38-77(80)78-40-36-73(61-81(78)85)92(71-32-26-68(90)27-33-71)74-35-39-76-75-37-21-65(87-101-83(3,4)84(5,6)102-87)59-79(75)86(82(76)62-74,43-45-95-51-53-99-57-55-97-49-47-93-7)44-46-96-52-54-100-58-56-98-50-48-94-8/h17-40,59-62H,9-16,41-58H2,1-8H3. The van der Waals surface area contributed by atoms with E-state index in [4.69, 9.17) is 47.2 Å². The minimum Gasteiger partial charge on any atom is -0.399 e. The van der Waals surface area contributed by atoms with Crippen LogP contribution in [-0.2, 0) is 58.0 Å². The predicted molar refractivity (Wildman–Crippen MR) is 412 cm³/mol. The van der Waals surface area contributed by atoms with Gasteiger partial charge in [0.05, 0.1) is 90.5 Å². The van der Waals surface area contributed by atoms with Crippen molar-refractivity contribution in [3.8, 4) is 33.4 Å². The van der Waals surface area contributed by atoms with Gasteiger partial charge in [0.2, 0.25) is 0 Å². The summed E-state index contributed by atoms with van der Waals surface area (Å²) in [7, 11) is 2.73. The van der Waals surface area contributed by atoms with Gasteiger partial charge < -0.3 is 57.0 Å². The number of hydrogen-bond acceptors (Lipinski definition) is 12. The first kappa shape index (κ1) is 76.5. The average Bonchev–Trinajstić information content (AvgIpc) is 1.56. The van der Waals surface area contributed by atoms with Gasteiger partial charge in [-0.25, -0.2) is 8.78 Å². The van der Waals surface area contributed by atoms with E-state index in [2.05, 4.69) is 189 Å². The van der Waals surface area contributed by atoms with E-state index in [1.807, 2.05) is 24.3 Å². The third kappa shape index (κ3) is 18.0. The highest BCUT2D eigenvalue weighted by atomic mass is 79.9. The number of halogens is 3. The van der Waals surface area contributed by atoms with Crippen molar-refractivity contribution in [2.45, 2.75) is 141 Å². The van der Waals surface area contributed by atoms with E-state index in [1.54, 1.807) is 38.5 Å². The van der Waals surface area contributed by atoms with Crippen LogP contribution in [0.25, 0.3) is 33.4 Å². The Balaban J connectivity index is 1.02. The summed E-state index contributed by atoms with van der Waals surface area (Å²) in [6, 6.07) is 58.6. The molecule has 12 nitrogen and oxygen atoms in total. The molecule has 0 saturated carbocycles. The number of nitrogens with zero attached hydrogens (tertiary/aromatic N) is 2. The second-order valence-corrected chi connectivity index (χ2v) is 29.1. The average molecular weight is 1450 g/mol. The normalized spacial score (nSPS) is 15.0. The van der Waals surface area contributed by atoms with Gasteiger partial charge in [0.15, 0.2) is 0 Å². The maximum absolute atomic E-state index is 15.5. The van der Waals surface area contributed by atoms with Gasteiger partial charge in [0.1, 0.15) is 11.6 Å². The van der Waals surface area contributed by atoms with Gasteiger partial charge >= 0.3 is 7.12 Å². The summed E-state index contributed by atoms with van der Waals surface area (Å²) < 4.78 is 91.9. The first-order chi connectivity index (χ1) is 49.6. The Labute approximate surface area is 613 Å². The fraction of sp³-hybridized carbons (Fsp3) is 0.442. The molecule has 1 aliphatic heterocycles. The number of benzene rings is 8. The number of unbranched alkanes of at least 4 members (excludes halogenated alkanes) is 6. The number of ether oxygens (including phenoxy) is 8. The molecule has 0 amide bonds. The van der Waals surface area contributed by atoms with Crippen molar-refractivity contribution in [2.75, 3.05) is 117 Å². The topological polar surface area (TPSA) is 98.8 Å². The smallest absolute Gasteiger partial charge is 0.399 e. The second kappa shape index (κ2) is 36.4. The lowest BCUT2D eigenvalue weighted by molar-refractivity contribution is -0.00195. The van der Waals surface area contributed by atoms with Gasteiger partial charge in [0.25, 0.3) is 0 Å². The monoisotopic (exact) mass is 1450 g/mol. The van der Waals surface area contributed by atoms with E-state index in [1.165, 1.54) is 22.3 Å². The van der Waals surface area contributed by atoms with Gasteiger partial charge in [-0.1, -0.05) is 142 Å². The van der Waals surface area contributed by atoms with Gasteiger partial charge in [-0.15, -0.1) is 0 Å². The van der Waals surface area contributed by atoms with Crippen LogP contribution in [0.5, 0.6) is 0 Å². The molecule has 11 rings (SSSR count). The maximum atomic E-state index is 15.5. The van der Waals surface area contributed by atoms with E-state index < -0.39 is 23.7 Å². The lowest BCUT2D eigenvalue weighted by Gasteiger charge is -2.35. The van der Waals surface area contributed by atoms with Crippen molar-refractivity contribution in [3.63, 3.8) is 0 Å². The largest absolute Gasteiger partial charge is 0.494 e. The predicted octanol–water partition coefficient (Wildman–Crippen LogP) is 20.3. The van der Waals surface area contributed by atoms with Crippen LogP contribution in [0.15, 0.2) is 174 Å². The van der Waals surface area contributed by atoms with Crippen molar-refractivity contribution in [1.82, 2.24) is 0 Å². The first-order valence-corrected chi connectivity index (χ1v) is 37.8. The maximum Gasteiger partial charge on any atom is 0.494 e. The summed E-state index contributed by atoms with van der Waals surface area (Å²) >= 11 is 3.61. The number of hydrogen-bond donors (Lipinski definition) is 0. The molecule has 102 heavy (non-hydrogen) atoms. The van der Waals surface area contributed by atoms with Crippen molar-refractivity contribution in [3.05, 3.63) is 208 Å². The second-order valence-electron chi connectivity index (χ2n) is 28.2. The SMILES string of the molecule is CCCCCCC1(CCCCCC)c2cc(N(c3ccc(F)cc3)c3ccc(-c4ccc(Br)cc4)cc3)ccc2-c2ccc(N(c3ccc(F)cc3)c3ccc4c(c3)C(CCOCCOCCOCCOC)(CCOCCOCCOCCOC)c3cc(B5OC(C)(C)C(C)(C)O5)ccc3-4)cc21. The van der Waals surface area contributed by atoms with Crippen LogP contribution in [0.4, 0.5) is 42.9 Å². The Hall–Kier alpha value is -6.64. The number of anilines is 6. The third-order valence-electron chi connectivity index (χ3n) is 21.1. The molecule has 8 aromatic carbocycles. The van der Waals surface area contributed by atoms with Crippen LogP contribution in [0.3, 0.4) is 0 Å². The highest BCUT2D eigenvalue weighted by Gasteiger charge is 2.53. The molecule has 3 aliphatic rings. The molecular weight excluding hydrogens is 1350 g/mol. The number of fused-ring (bicyclic) bond motifs is 6. The fourth-order valence-electron chi connectivity index (χ4n) is 14.9. The Morgan fingerprint density at radius 2 is 0.667 bits per heavy atom. The summed E-state index contributed by atoms with van der Waals surface area (Å²) in [5.74, 6) is -0.594. The third-order valence-corrected chi connectivity index (χ3v) is 21.6. The zero-order valence-electron chi connectivity index (χ0n) is 61.2. The minimum atomic E-state index is -0.645. The van der Waals surface area contributed by atoms with Crippen molar-refractivity contribution in [1.29, 1.82) is 0 Å². The van der Waals surface area contributed by atoms with E-state index in [9.17, 15) is 4.39 Å². The van der Waals surface area contributed by atoms with Gasteiger partial charge in [-0.05, 0) is 224 Å². The van der Waals surface area contributed by atoms with Crippen molar-refractivity contribution in [2.24, 2.45) is 0 Å². The van der Waals surface area contributed by atoms with Crippen LogP contribution in [-0.4, -0.2) is 125 Å². The molecular formula is C86H104BBrF2N2O10. The summed E-state index contributed by atoms with van der Waals surface area (Å²) in [5.41, 5.74) is 16.2. The summed E-state index contributed by atoms with van der Waals surface area (Å²) in [6.07, 6.45) is 12.1. The molecule has 542 valence electrons. The van der Waals surface area contributed by atoms with Crippen molar-refractivity contribution < 1.29 is 56.0 Å². The molecule has 16 heteroatoms. The molecule has 1 fully saturated rings. The first-order valence-electron chi connectivity index (χ1n) is 37.0. The molecule has 2 aliphatic carbocycles. The van der Waals surface area contributed by atoms with E-state index in [0.717, 1.165) is 142 Å². The molecule has 8 aromatic rings. The molecule has 0 atom stereocenters. The Kier molecular flexibility index (Phi) is 27.3. The number of rotatable bonds is 42. The number of methoxy groups -OCH3 is 2. The lowest BCUT2D eigenvalue weighted by Crippen LogP contribution is -2.41. The Morgan fingerprint density at radius 1 is 0.353 bits per heavy atom.